The Kier molecular flexibility index (Phi) is 2.94. The number of nitrogens with zero attached hydrogens (tertiary/aromatic N) is 4. The highest BCUT2D eigenvalue weighted by molar-refractivity contribution is 5.76. The molecule has 3 heterocycles. The summed E-state index contributed by atoms with van der Waals surface area (Å²) in [4.78, 5) is 15.4. The molecule has 7 nitrogen and oxygen atoms in total. The zero-order valence-corrected chi connectivity index (χ0v) is 10.5. The van der Waals surface area contributed by atoms with E-state index in [-0.39, 0.29) is 11.8 Å². The van der Waals surface area contributed by atoms with Crippen LogP contribution in [-0.2, 0) is 4.79 Å². The van der Waals surface area contributed by atoms with Gasteiger partial charge >= 0.3 is 0 Å². The third kappa shape index (κ3) is 2.44. The van der Waals surface area contributed by atoms with Crippen molar-refractivity contribution in [3.8, 4) is 11.5 Å². The summed E-state index contributed by atoms with van der Waals surface area (Å²) in [5.41, 5.74) is 1.42. The highest BCUT2D eigenvalue weighted by atomic mass is 16.5. The van der Waals surface area contributed by atoms with Crippen molar-refractivity contribution in [2.75, 3.05) is 6.54 Å². The van der Waals surface area contributed by atoms with Gasteiger partial charge in [-0.2, -0.15) is 10.1 Å². The first kappa shape index (κ1) is 11.8. The van der Waals surface area contributed by atoms with Crippen molar-refractivity contribution in [2.24, 2.45) is 0 Å². The van der Waals surface area contributed by atoms with Gasteiger partial charge in [-0.25, -0.2) is 0 Å². The van der Waals surface area contributed by atoms with Gasteiger partial charge in [0.15, 0.2) is 0 Å². The minimum atomic E-state index is 0.0698. The number of nitrogens with one attached hydrogen (secondary N) is 1. The Bertz CT molecular complexity index is 582. The van der Waals surface area contributed by atoms with Crippen molar-refractivity contribution < 1.29 is 9.32 Å². The predicted octanol–water partition coefficient (Wildman–Crippen LogP) is 0.829. The van der Waals surface area contributed by atoms with E-state index in [0.717, 1.165) is 12.1 Å². The van der Waals surface area contributed by atoms with Gasteiger partial charge < -0.3 is 9.84 Å². The van der Waals surface area contributed by atoms with Gasteiger partial charge in [0, 0.05) is 13.0 Å². The average Bonchev–Trinajstić information content (AvgIpc) is 2.90. The molecule has 0 aromatic carbocycles. The SMILES string of the molecule is Cc1ccc(-c2noc(C3CCC(=O)NC3)n2)nn1. The van der Waals surface area contributed by atoms with E-state index < -0.39 is 0 Å². The zero-order valence-electron chi connectivity index (χ0n) is 10.5. The Morgan fingerprint density at radius 2 is 2.26 bits per heavy atom. The van der Waals surface area contributed by atoms with Crippen molar-refractivity contribution in [1.29, 1.82) is 0 Å². The molecule has 98 valence electrons. The van der Waals surface area contributed by atoms with Gasteiger partial charge in [0.05, 0.1) is 11.6 Å². The number of hydrogen-bond donors (Lipinski definition) is 1. The van der Waals surface area contributed by atoms with Crippen LogP contribution < -0.4 is 5.32 Å². The van der Waals surface area contributed by atoms with Crippen molar-refractivity contribution in [3.63, 3.8) is 0 Å². The van der Waals surface area contributed by atoms with E-state index in [9.17, 15) is 4.79 Å². The number of hydrogen-bond acceptors (Lipinski definition) is 6. The topological polar surface area (TPSA) is 93.8 Å². The lowest BCUT2D eigenvalue weighted by molar-refractivity contribution is -0.122. The predicted molar refractivity (Wildman–Crippen MR) is 65.0 cm³/mol. The van der Waals surface area contributed by atoms with Gasteiger partial charge in [0.25, 0.3) is 0 Å². The van der Waals surface area contributed by atoms with Crippen molar-refractivity contribution >= 4 is 5.91 Å². The Balaban J connectivity index is 1.79. The molecule has 0 bridgehead atoms. The van der Waals surface area contributed by atoms with E-state index in [2.05, 4.69) is 25.7 Å². The van der Waals surface area contributed by atoms with Gasteiger partial charge in [-0.1, -0.05) is 5.16 Å². The van der Waals surface area contributed by atoms with Crippen LogP contribution >= 0.6 is 0 Å². The van der Waals surface area contributed by atoms with Crippen molar-refractivity contribution in [1.82, 2.24) is 25.7 Å². The van der Waals surface area contributed by atoms with E-state index in [0.29, 0.717) is 30.4 Å². The second kappa shape index (κ2) is 4.75. The summed E-state index contributed by atoms with van der Waals surface area (Å²) in [6.07, 6.45) is 1.22. The molecule has 7 heteroatoms. The maximum Gasteiger partial charge on any atom is 0.231 e. The molecule has 3 rings (SSSR count). The molecule has 0 spiro atoms. The Morgan fingerprint density at radius 1 is 1.37 bits per heavy atom. The average molecular weight is 259 g/mol. The number of aromatic nitrogens is 4. The lowest BCUT2D eigenvalue weighted by Crippen LogP contribution is -2.33. The van der Waals surface area contributed by atoms with Crippen molar-refractivity contribution in [3.05, 3.63) is 23.7 Å². The number of carbonyl (C=O) groups is 1. The third-order valence-corrected chi connectivity index (χ3v) is 3.08. The van der Waals surface area contributed by atoms with Crippen molar-refractivity contribution in [2.45, 2.75) is 25.7 Å². The van der Waals surface area contributed by atoms with E-state index in [1.165, 1.54) is 0 Å². The van der Waals surface area contributed by atoms with Gasteiger partial charge in [0.1, 0.15) is 5.69 Å². The summed E-state index contributed by atoms with van der Waals surface area (Å²) in [5.74, 6) is 1.12. The summed E-state index contributed by atoms with van der Waals surface area (Å²) in [5, 5.41) is 14.7. The molecule has 0 aliphatic carbocycles. The Hall–Kier alpha value is -2.31. The first-order chi connectivity index (χ1) is 9.22. The molecule has 1 unspecified atom stereocenters. The lowest BCUT2D eigenvalue weighted by Gasteiger charge is -2.18. The van der Waals surface area contributed by atoms with E-state index in [1.54, 1.807) is 6.07 Å². The Labute approximate surface area is 109 Å². The molecule has 1 aliphatic heterocycles. The summed E-state index contributed by atoms with van der Waals surface area (Å²) in [6.45, 7) is 2.41. The molecule has 1 saturated heterocycles. The molecule has 1 amide bonds. The highest BCUT2D eigenvalue weighted by Gasteiger charge is 2.25. The number of aryl methyl sites for hydroxylation is 1. The normalized spacial score (nSPS) is 19.2. The summed E-state index contributed by atoms with van der Waals surface area (Å²) in [6, 6.07) is 3.65. The molecule has 19 heavy (non-hydrogen) atoms. The largest absolute Gasteiger partial charge is 0.355 e. The molecule has 2 aromatic heterocycles. The second-order valence-corrected chi connectivity index (χ2v) is 4.56. The maximum atomic E-state index is 11.1. The number of piperidine rings is 1. The number of rotatable bonds is 2. The minimum absolute atomic E-state index is 0.0698. The quantitative estimate of drug-likeness (QED) is 0.858. The van der Waals surface area contributed by atoms with Crippen LogP contribution in [-0.4, -0.2) is 32.8 Å². The van der Waals surface area contributed by atoms with Crippen LogP contribution in [0.4, 0.5) is 0 Å². The fraction of sp³-hybridized carbons (Fsp3) is 0.417. The fourth-order valence-corrected chi connectivity index (χ4v) is 1.97. The van der Waals surface area contributed by atoms with Crippen LogP contribution in [0.1, 0.15) is 30.3 Å². The van der Waals surface area contributed by atoms with Crippen LogP contribution in [0.25, 0.3) is 11.5 Å². The molecule has 0 radical (unpaired) electrons. The first-order valence-corrected chi connectivity index (χ1v) is 6.13. The molecule has 1 fully saturated rings. The molecule has 2 aromatic rings. The first-order valence-electron chi connectivity index (χ1n) is 6.13. The van der Waals surface area contributed by atoms with E-state index >= 15 is 0 Å². The van der Waals surface area contributed by atoms with E-state index in [1.807, 2.05) is 13.0 Å². The molecular formula is C12H13N5O2. The molecular weight excluding hydrogens is 246 g/mol. The van der Waals surface area contributed by atoms with Gasteiger partial charge in [0.2, 0.25) is 17.6 Å². The van der Waals surface area contributed by atoms with Gasteiger partial charge in [-0.05, 0) is 25.5 Å². The van der Waals surface area contributed by atoms with Crippen LogP contribution in [0.5, 0.6) is 0 Å². The fourth-order valence-electron chi connectivity index (χ4n) is 1.97. The monoisotopic (exact) mass is 259 g/mol. The standard InChI is InChI=1S/C12H13N5O2/c1-7-2-4-9(16-15-7)11-14-12(19-17-11)8-3-5-10(18)13-6-8/h2,4,8H,3,5-6H2,1H3,(H,13,18). The van der Waals surface area contributed by atoms with Crippen LogP contribution in [0.3, 0.4) is 0 Å². The smallest absolute Gasteiger partial charge is 0.231 e. The minimum Gasteiger partial charge on any atom is -0.355 e. The van der Waals surface area contributed by atoms with E-state index in [4.69, 9.17) is 4.52 Å². The van der Waals surface area contributed by atoms with Crippen LogP contribution in [0, 0.1) is 6.92 Å². The summed E-state index contributed by atoms with van der Waals surface area (Å²) < 4.78 is 5.24. The van der Waals surface area contributed by atoms with Gasteiger partial charge in [-0.3, -0.25) is 4.79 Å². The Morgan fingerprint density at radius 3 is 2.95 bits per heavy atom. The number of carbonyl (C=O) groups excluding carboxylic acids is 1. The molecule has 0 saturated carbocycles. The van der Waals surface area contributed by atoms with Crippen LogP contribution in [0.15, 0.2) is 16.7 Å². The highest BCUT2D eigenvalue weighted by Crippen LogP contribution is 2.23. The summed E-state index contributed by atoms with van der Waals surface area (Å²) in [7, 11) is 0. The third-order valence-electron chi connectivity index (χ3n) is 3.08. The van der Waals surface area contributed by atoms with Gasteiger partial charge in [-0.15, -0.1) is 5.10 Å². The zero-order chi connectivity index (χ0) is 13.2. The number of amides is 1. The lowest BCUT2D eigenvalue weighted by atomic mass is 9.99. The second-order valence-electron chi connectivity index (χ2n) is 4.56. The summed E-state index contributed by atoms with van der Waals surface area (Å²) >= 11 is 0. The van der Waals surface area contributed by atoms with Crippen LogP contribution in [0.2, 0.25) is 0 Å². The molecule has 1 aliphatic rings. The molecule has 1 atom stereocenters. The maximum absolute atomic E-state index is 11.1. The molecule has 1 N–H and O–H groups in total.